The first-order valence-electron chi connectivity index (χ1n) is 4.81. The highest BCUT2D eigenvalue weighted by atomic mass is 35.5. The van der Waals surface area contributed by atoms with Crippen LogP contribution < -0.4 is 11.1 Å². The van der Waals surface area contributed by atoms with Crippen molar-refractivity contribution in [2.24, 2.45) is 5.73 Å². The fraction of sp³-hybridized carbons (Fsp3) is 0.889. The van der Waals surface area contributed by atoms with Crippen molar-refractivity contribution in [1.29, 1.82) is 0 Å². The van der Waals surface area contributed by atoms with E-state index in [9.17, 15) is 4.79 Å². The van der Waals surface area contributed by atoms with Gasteiger partial charge in [0.2, 0.25) is 5.91 Å². The number of hydrogen-bond acceptors (Lipinski definition) is 2. The molecule has 2 rings (SSSR count). The number of nitrogens with two attached hydrogens (primary N) is 1. The van der Waals surface area contributed by atoms with Crippen LogP contribution in [0.4, 0.5) is 0 Å². The molecule has 0 saturated heterocycles. The Kier molecular flexibility index (Phi) is 3.19. The summed E-state index contributed by atoms with van der Waals surface area (Å²) < 4.78 is 0. The standard InChI is InChI=1S/C9H16N2O.ClH/c10-9(5-1-2-6-9)8(12)11-7-3-4-7;/h7H,1-6,10H2,(H,11,12);1H. The van der Waals surface area contributed by atoms with Gasteiger partial charge in [-0.15, -0.1) is 12.4 Å². The van der Waals surface area contributed by atoms with E-state index in [4.69, 9.17) is 5.73 Å². The molecule has 2 fully saturated rings. The minimum absolute atomic E-state index is 0. The summed E-state index contributed by atoms with van der Waals surface area (Å²) in [4.78, 5) is 11.6. The van der Waals surface area contributed by atoms with Gasteiger partial charge >= 0.3 is 0 Å². The van der Waals surface area contributed by atoms with Crippen molar-refractivity contribution in [2.75, 3.05) is 0 Å². The molecule has 0 aromatic carbocycles. The molecule has 0 radical (unpaired) electrons. The number of rotatable bonds is 2. The molecule has 0 unspecified atom stereocenters. The minimum Gasteiger partial charge on any atom is -0.352 e. The normalized spacial score (nSPS) is 25.0. The van der Waals surface area contributed by atoms with Crippen LogP contribution in [0.25, 0.3) is 0 Å². The maximum absolute atomic E-state index is 11.6. The monoisotopic (exact) mass is 204 g/mol. The second-order valence-electron chi connectivity index (χ2n) is 4.11. The van der Waals surface area contributed by atoms with Gasteiger partial charge in [0.05, 0.1) is 5.54 Å². The largest absolute Gasteiger partial charge is 0.352 e. The minimum atomic E-state index is -0.525. The summed E-state index contributed by atoms with van der Waals surface area (Å²) in [6, 6.07) is 0.443. The van der Waals surface area contributed by atoms with E-state index in [0.29, 0.717) is 6.04 Å². The van der Waals surface area contributed by atoms with Crippen LogP contribution in [0, 0.1) is 0 Å². The molecule has 1 amide bonds. The van der Waals surface area contributed by atoms with E-state index in [1.54, 1.807) is 0 Å². The molecule has 2 aliphatic carbocycles. The third-order valence-corrected chi connectivity index (χ3v) is 2.86. The highest BCUT2D eigenvalue weighted by Gasteiger charge is 2.39. The lowest BCUT2D eigenvalue weighted by molar-refractivity contribution is -0.126. The van der Waals surface area contributed by atoms with Crippen LogP contribution in [0.1, 0.15) is 38.5 Å². The zero-order chi connectivity index (χ0) is 8.60. The molecule has 0 heterocycles. The van der Waals surface area contributed by atoms with E-state index in [1.807, 2.05) is 0 Å². The van der Waals surface area contributed by atoms with Crippen molar-refractivity contribution < 1.29 is 4.79 Å². The highest BCUT2D eigenvalue weighted by Crippen LogP contribution is 2.28. The van der Waals surface area contributed by atoms with Crippen molar-refractivity contribution in [3.8, 4) is 0 Å². The Hall–Kier alpha value is -0.280. The van der Waals surface area contributed by atoms with Gasteiger partial charge in [-0.3, -0.25) is 4.79 Å². The summed E-state index contributed by atoms with van der Waals surface area (Å²) in [6.07, 6.45) is 6.23. The third-order valence-electron chi connectivity index (χ3n) is 2.86. The average Bonchev–Trinajstić information content (AvgIpc) is 2.73. The third kappa shape index (κ3) is 2.35. The van der Waals surface area contributed by atoms with Crippen LogP contribution in [-0.2, 0) is 4.79 Å². The number of hydrogen-bond donors (Lipinski definition) is 2. The maximum Gasteiger partial charge on any atom is 0.240 e. The van der Waals surface area contributed by atoms with Crippen LogP contribution in [0.15, 0.2) is 0 Å². The van der Waals surface area contributed by atoms with Crippen molar-refractivity contribution in [3.05, 3.63) is 0 Å². The Bertz CT molecular complexity index is 198. The average molecular weight is 205 g/mol. The summed E-state index contributed by atoms with van der Waals surface area (Å²) in [5.74, 6) is 0.0856. The number of carbonyl (C=O) groups is 1. The fourth-order valence-electron chi connectivity index (χ4n) is 1.79. The van der Waals surface area contributed by atoms with Gasteiger partial charge in [0, 0.05) is 6.04 Å². The van der Waals surface area contributed by atoms with Crippen LogP contribution in [-0.4, -0.2) is 17.5 Å². The first kappa shape index (κ1) is 10.8. The van der Waals surface area contributed by atoms with Gasteiger partial charge in [0.1, 0.15) is 0 Å². The molecule has 0 aromatic heterocycles. The first-order chi connectivity index (χ1) is 5.71. The molecular formula is C9H17ClN2O. The second-order valence-corrected chi connectivity index (χ2v) is 4.11. The lowest BCUT2D eigenvalue weighted by atomic mass is 9.98. The molecule has 76 valence electrons. The van der Waals surface area contributed by atoms with Gasteiger partial charge in [-0.25, -0.2) is 0 Å². The van der Waals surface area contributed by atoms with Crippen molar-refractivity contribution in [2.45, 2.75) is 50.1 Å². The number of carbonyl (C=O) groups excluding carboxylic acids is 1. The predicted molar refractivity (Wildman–Crippen MR) is 53.8 cm³/mol. The summed E-state index contributed by atoms with van der Waals surface area (Å²) in [5.41, 5.74) is 5.44. The van der Waals surface area contributed by atoms with Gasteiger partial charge in [-0.05, 0) is 25.7 Å². The van der Waals surface area contributed by atoms with E-state index in [1.165, 1.54) is 0 Å². The number of nitrogens with one attached hydrogen (secondary N) is 1. The SMILES string of the molecule is Cl.NC1(C(=O)NC2CC2)CCCC1. The first-order valence-corrected chi connectivity index (χ1v) is 4.81. The van der Waals surface area contributed by atoms with Crippen LogP contribution in [0.3, 0.4) is 0 Å². The molecule has 2 aliphatic rings. The fourth-order valence-corrected chi connectivity index (χ4v) is 1.79. The molecule has 4 heteroatoms. The zero-order valence-electron chi connectivity index (χ0n) is 7.71. The summed E-state index contributed by atoms with van der Waals surface area (Å²) >= 11 is 0. The Balaban J connectivity index is 0.000000845. The van der Waals surface area contributed by atoms with Crippen molar-refractivity contribution in [3.63, 3.8) is 0 Å². The Labute approximate surface area is 84.9 Å². The Morgan fingerprint density at radius 2 is 1.85 bits per heavy atom. The lowest BCUT2D eigenvalue weighted by Gasteiger charge is -2.21. The zero-order valence-corrected chi connectivity index (χ0v) is 8.53. The molecule has 3 N–H and O–H groups in total. The predicted octanol–water partition coefficient (Wildman–Crippen LogP) is 0.958. The van der Waals surface area contributed by atoms with Crippen molar-refractivity contribution >= 4 is 18.3 Å². The van der Waals surface area contributed by atoms with Gasteiger partial charge in [0.25, 0.3) is 0 Å². The van der Waals surface area contributed by atoms with E-state index in [0.717, 1.165) is 38.5 Å². The number of amides is 1. The van der Waals surface area contributed by atoms with Gasteiger partial charge in [-0.2, -0.15) is 0 Å². The maximum atomic E-state index is 11.6. The topological polar surface area (TPSA) is 55.1 Å². The van der Waals surface area contributed by atoms with Crippen LogP contribution in [0.5, 0.6) is 0 Å². The lowest BCUT2D eigenvalue weighted by Crippen LogP contribution is -2.52. The van der Waals surface area contributed by atoms with E-state index in [2.05, 4.69) is 5.32 Å². The summed E-state index contributed by atoms with van der Waals surface area (Å²) in [6.45, 7) is 0. The van der Waals surface area contributed by atoms with E-state index < -0.39 is 5.54 Å². The van der Waals surface area contributed by atoms with E-state index >= 15 is 0 Å². The Morgan fingerprint density at radius 1 is 1.31 bits per heavy atom. The van der Waals surface area contributed by atoms with Gasteiger partial charge in [0.15, 0.2) is 0 Å². The number of halogens is 1. The van der Waals surface area contributed by atoms with Gasteiger partial charge < -0.3 is 11.1 Å². The van der Waals surface area contributed by atoms with Crippen LogP contribution in [0.2, 0.25) is 0 Å². The molecule has 2 saturated carbocycles. The molecule has 0 atom stereocenters. The molecule has 13 heavy (non-hydrogen) atoms. The molecular weight excluding hydrogens is 188 g/mol. The molecule has 0 spiro atoms. The van der Waals surface area contributed by atoms with Gasteiger partial charge in [-0.1, -0.05) is 12.8 Å². The van der Waals surface area contributed by atoms with Crippen LogP contribution >= 0.6 is 12.4 Å². The quantitative estimate of drug-likeness (QED) is 0.704. The molecule has 0 aromatic rings. The molecule has 3 nitrogen and oxygen atoms in total. The molecule has 0 bridgehead atoms. The highest BCUT2D eigenvalue weighted by molar-refractivity contribution is 5.86. The Morgan fingerprint density at radius 3 is 2.31 bits per heavy atom. The smallest absolute Gasteiger partial charge is 0.240 e. The van der Waals surface area contributed by atoms with E-state index in [-0.39, 0.29) is 18.3 Å². The summed E-state index contributed by atoms with van der Waals surface area (Å²) in [5, 5.41) is 2.97. The van der Waals surface area contributed by atoms with Crippen molar-refractivity contribution in [1.82, 2.24) is 5.32 Å². The summed E-state index contributed by atoms with van der Waals surface area (Å²) in [7, 11) is 0. The molecule has 0 aliphatic heterocycles. The second kappa shape index (κ2) is 3.84.